The summed E-state index contributed by atoms with van der Waals surface area (Å²) in [4.78, 5) is 18.1. The van der Waals surface area contributed by atoms with E-state index in [0.717, 1.165) is 41.9 Å². The summed E-state index contributed by atoms with van der Waals surface area (Å²) in [5, 5.41) is 4.05. The van der Waals surface area contributed by atoms with Gasteiger partial charge in [-0.1, -0.05) is 33.6 Å². The quantitative estimate of drug-likeness (QED) is 0.480. The zero-order valence-corrected chi connectivity index (χ0v) is 15.7. The molecule has 0 unspecified atom stereocenters. The summed E-state index contributed by atoms with van der Waals surface area (Å²) in [5.74, 6) is 0.705. The number of rotatable bonds is 3. The fourth-order valence-electron chi connectivity index (χ4n) is 2.67. The molecule has 0 bridgehead atoms. The molecule has 1 N–H and O–H groups in total. The molecule has 126 valence electrons. The molecule has 1 heterocycles. The standard InChI is InChI=1S/C16H21BrClN3O2/c1-19-16(20-10-12-3-4-13(17)9-14(12)18)21-7-5-11(6-8-21)15(22)23-2/h3-4,9,11H,5-8,10H2,1-2H3,(H,19,20). The lowest BCUT2D eigenvalue weighted by Gasteiger charge is -2.33. The van der Waals surface area contributed by atoms with Gasteiger partial charge in [-0.3, -0.25) is 9.79 Å². The maximum atomic E-state index is 11.6. The third kappa shape index (κ3) is 4.85. The van der Waals surface area contributed by atoms with E-state index in [2.05, 4.69) is 31.1 Å². The van der Waals surface area contributed by atoms with Gasteiger partial charge in [0.2, 0.25) is 0 Å². The number of carbonyl (C=O) groups is 1. The molecule has 2 rings (SSSR count). The summed E-state index contributed by atoms with van der Waals surface area (Å²) in [6, 6.07) is 5.83. The molecule has 1 fully saturated rings. The highest BCUT2D eigenvalue weighted by atomic mass is 79.9. The average Bonchev–Trinajstić information content (AvgIpc) is 2.57. The number of esters is 1. The Balaban J connectivity index is 1.90. The molecule has 5 nitrogen and oxygen atoms in total. The lowest BCUT2D eigenvalue weighted by atomic mass is 9.97. The second-order valence-electron chi connectivity index (χ2n) is 5.42. The molecule has 1 saturated heterocycles. The van der Waals surface area contributed by atoms with Crippen LogP contribution in [0.5, 0.6) is 0 Å². The van der Waals surface area contributed by atoms with Crippen molar-refractivity contribution < 1.29 is 9.53 Å². The first-order valence-electron chi connectivity index (χ1n) is 7.52. The van der Waals surface area contributed by atoms with Crippen LogP contribution >= 0.6 is 27.5 Å². The predicted molar refractivity (Wildman–Crippen MR) is 95.7 cm³/mol. The molecular weight excluding hydrogens is 382 g/mol. The number of nitrogens with zero attached hydrogens (tertiary/aromatic N) is 2. The number of hydrogen-bond donors (Lipinski definition) is 1. The summed E-state index contributed by atoms with van der Waals surface area (Å²) in [7, 11) is 3.20. The van der Waals surface area contributed by atoms with Crippen LogP contribution in [0.3, 0.4) is 0 Å². The Bertz CT molecular complexity index is 587. The average molecular weight is 403 g/mol. The van der Waals surface area contributed by atoms with E-state index in [-0.39, 0.29) is 11.9 Å². The predicted octanol–water partition coefficient (Wildman–Crippen LogP) is 3.06. The van der Waals surface area contributed by atoms with Gasteiger partial charge in [-0.15, -0.1) is 0 Å². The van der Waals surface area contributed by atoms with Gasteiger partial charge in [-0.25, -0.2) is 0 Å². The first-order chi connectivity index (χ1) is 11.0. The van der Waals surface area contributed by atoms with Crippen LogP contribution in [0.2, 0.25) is 5.02 Å². The van der Waals surface area contributed by atoms with Crippen LogP contribution in [0, 0.1) is 5.92 Å². The molecule has 0 amide bonds. The van der Waals surface area contributed by atoms with E-state index in [4.69, 9.17) is 16.3 Å². The molecule has 0 spiro atoms. The monoisotopic (exact) mass is 401 g/mol. The zero-order valence-electron chi connectivity index (χ0n) is 13.3. The molecule has 0 aromatic heterocycles. The molecule has 1 aliphatic rings. The zero-order chi connectivity index (χ0) is 16.8. The molecular formula is C16H21BrClN3O2. The number of benzene rings is 1. The summed E-state index contributed by atoms with van der Waals surface area (Å²) >= 11 is 9.64. The highest BCUT2D eigenvalue weighted by Crippen LogP contribution is 2.22. The first kappa shape index (κ1) is 18.1. The minimum Gasteiger partial charge on any atom is -0.469 e. The van der Waals surface area contributed by atoms with Gasteiger partial charge in [0.1, 0.15) is 0 Å². The van der Waals surface area contributed by atoms with E-state index >= 15 is 0 Å². The Morgan fingerprint density at radius 2 is 2.17 bits per heavy atom. The maximum Gasteiger partial charge on any atom is 0.308 e. The van der Waals surface area contributed by atoms with Gasteiger partial charge < -0.3 is 15.0 Å². The van der Waals surface area contributed by atoms with Crippen LogP contribution in [0.15, 0.2) is 27.7 Å². The van der Waals surface area contributed by atoms with Crippen molar-refractivity contribution in [1.29, 1.82) is 0 Å². The minimum absolute atomic E-state index is 0.00438. The Kier molecular flexibility index (Phi) is 6.72. The maximum absolute atomic E-state index is 11.6. The van der Waals surface area contributed by atoms with Crippen LogP contribution < -0.4 is 5.32 Å². The summed E-state index contributed by atoms with van der Waals surface area (Å²) < 4.78 is 5.78. The van der Waals surface area contributed by atoms with Gasteiger partial charge in [0.25, 0.3) is 0 Å². The highest BCUT2D eigenvalue weighted by Gasteiger charge is 2.26. The molecule has 7 heteroatoms. The smallest absolute Gasteiger partial charge is 0.308 e. The molecule has 1 aromatic carbocycles. The normalized spacial score (nSPS) is 16.3. The van der Waals surface area contributed by atoms with Crippen molar-refractivity contribution in [1.82, 2.24) is 10.2 Å². The SMILES string of the molecule is CN=C(NCc1ccc(Br)cc1Cl)N1CCC(C(=O)OC)CC1. The molecule has 1 aliphatic heterocycles. The number of nitrogens with one attached hydrogen (secondary N) is 1. The second-order valence-corrected chi connectivity index (χ2v) is 6.74. The van der Waals surface area contributed by atoms with E-state index in [1.54, 1.807) is 7.05 Å². The van der Waals surface area contributed by atoms with E-state index in [9.17, 15) is 4.79 Å². The number of methoxy groups -OCH3 is 1. The van der Waals surface area contributed by atoms with Crippen LogP contribution in [0.1, 0.15) is 18.4 Å². The Labute approximate surface area is 150 Å². The summed E-state index contributed by atoms with van der Waals surface area (Å²) in [5.41, 5.74) is 1.01. The van der Waals surface area contributed by atoms with E-state index in [0.29, 0.717) is 11.6 Å². The Morgan fingerprint density at radius 3 is 2.74 bits per heavy atom. The van der Waals surface area contributed by atoms with Crippen molar-refractivity contribution in [3.63, 3.8) is 0 Å². The van der Waals surface area contributed by atoms with Gasteiger partial charge >= 0.3 is 5.97 Å². The molecule has 1 aromatic rings. The van der Waals surface area contributed by atoms with Gasteiger partial charge in [0.05, 0.1) is 13.0 Å². The third-order valence-electron chi connectivity index (χ3n) is 3.99. The van der Waals surface area contributed by atoms with Crippen molar-refractivity contribution in [3.8, 4) is 0 Å². The van der Waals surface area contributed by atoms with Crippen molar-refractivity contribution in [2.45, 2.75) is 19.4 Å². The second kappa shape index (κ2) is 8.55. The van der Waals surface area contributed by atoms with Gasteiger partial charge in [0.15, 0.2) is 5.96 Å². The third-order valence-corrected chi connectivity index (χ3v) is 4.84. The van der Waals surface area contributed by atoms with Crippen molar-refractivity contribution in [3.05, 3.63) is 33.3 Å². The first-order valence-corrected chi connectivity index (χ1v) is 8.69. The van der Waals surface area contributed by atoms with Crippen LogP contribution in [-0.2, 0) is 16.1 Å². The van der Waals surface area contributed by atoms with Crippen LogP contribution in [-0.4, -0.2) is 44.1 Å². The summed E-state index contributed by atoms with van der Waals surface area (Å²) in [6.07, 6.45) is 1.57. The number of guanidine groups is 1. The van der Waals surface area contributed by atoms with E-state index < -0.39 is 0 Å². The fourth-order valence-corrected chi connectivity index (χ4v) is 3.41. The van der Waals surface area contributed by atoms with E-state index in [1.165, 1.54) is 7.11 Å². The lowest BCUT2D eigenvalue weighted by Crippen LogP contribution is -2.46. The molecule has 0 aliphatic carbocycles. The van der Waals surface area contributed by atoms with Crippen molar-refractivity contribution in [2.24, 2.45) is 10.9 Å². The molecule has 0 radical (unpaired) electrons. The topological polar surface area (TPSA) is 53.9 Å². The van der Waals surface area contributed by atoms with Crippen LogP contribution in [0.25, 0.3) is 0 Å². The van der Waals surface area contributed by atoms with Crippen molar-refractivity contribution >= 4 is 39.5 Å². The van der Waals surface area contributed by atoms with Gasteiger partial charge in [-0.2, -0.15) is 0 Å². The Hall–Kier alpha value is -1.27. The number of piperidine rings is 1. The number of likely N-dealkylation sites (tertiary alicyclic amines) is 1. The molecule has 23 heavy (non-hydrogen) atoms. The summed E-state index contributed by atoms with van der Waals surface area (Å²) in [6.45, 7) is 2.18. The van der Waals surface area contributed by atoms with Gasteiger partial charge in [-0.05, 0) is 30.5 Å². The highest BCUT2D eigenvalue weighted by molar-refractivity contribution is 9.10. The lowest BCUT2D eigenvalue weighted by molar-refractivity contribution is -0.146. The Morgan fingerprint density at radius 1 is 1.48 bits per heavy atom. The number of halogens is 2. The van der Waals surface area contributed by atoms with E-state index in [1.807, 2.05) is 18.2 Å². The largest absolute Gasteiger partial charge is 0.469 e. The number of aliphatic imine (C=N–C) groups is 1. The minimum atomic E-state index is -0.116. The van der Waals surface area contributed by atoms with Crippen LogP contribution in [0.4, 0.5) is 0 Å². The fraction of sp³-hybridized carbons (Fsp3) is 0.500. The van der Waals surface area contributed by atoms with Gasteiger partial charge in [0, 0.05) is 36.2 Å². The van der Waals surface area contributed by atoms with Crippen molar-refractivity contribution in [2.75, 3.05) is 27.2 Å². The number of carbonyl (C=O) groups excluding carboxylic acids is 1. The molecule has 0 atom stereocenters. The number of hydrogen-bond acceptors (Lipinski definition) is 3. The number of ether oxygens (including phenoxy) is 1. The molecule has 0 saturated carbocycles.